The van der Waals surface area contributed by atoms with E-state index in [1.165, 1.54) is 48.5 Å². The zero-order chi connectivity index (χ0) is 22.6. The molecule has 0 aliphatic heterocycles. The molecule has 1 aromatic heterocycles. The third-order valence-corrected chi connectivity index (χ3v) is 6.22. The van der Waals surface area contributed by atoms with Crippen LogP contribution in [-0.4, -0.2) is 30.3 Å². The van der Waals surface area contributed by atoms with Crippen LogP contribution in [0.15, 0.2) is 69.2 Å². The van der Waals surface area contributed by atoms with E-state index in [0.717, 1.165) is 6.07 Å². The number of amides is 1. The van der Waals surface area contributed by atoms with Crippen LogP contribution in [0.3, 0.4) is 0 Å². The Morgan fingerprint density at radius 1 is 1.06 bits per heavy atom. The lowest BCUT2D eigenvalue weighted by atomic mass is 10.2. The topological polar surface area (TPSA) is 121 Å². The number of carbonyl (C=O) groups is 1. The van der Waals surface area contributed by atoms with Gasteiger partial charge in [-0.15, -0.1) is 0 Å². The van der Waals surface area contributed by atoms with Crippen LogP contribution in [0.1, 0.15) is 16.1 Å². The molecule has 162 valence electrons. The summed E-state index contributed by atoms with van der Waals surface area (Å²) in [5.74, 6) is -3.21. The van der Waals surface area contributed by atoms with Gasteiger partial charge in [-0.05, 0) is 55.0 Å². The van der Waals surface area contributed by atoms with Crippen LogP contribution in [0.5, 0.6) is 0 Å². The maximum absolute atomic E-state index is 12.8. The molecule has 2 aromatic carbocycles. The van der Waals surface area contributed by atoms with Gasteiger partial charge < -0.3 is 5.32 Å². The Morgan fingerprint density at radius 2 is 1.74 bits per heavy atom. The maximum Gasteiger partial charge on any atom is 0.288 e. The van der Waals surface area contributed by atoms with E-state index in [0.29, 0.717) is 22.2 Å². The standard InChI is InChI=1S/C19H16F2N4O4S2/c1-11-2-3-13(22-18(27)15-8-9-17(26)24-23-15)10-16(11)31(28,29)25-12-4-6-14(7-5-12)30-19(20)21/h2-10,19,25H,1H3,(H,22,27)(H,24,26). The number of alkyl halides is 2. The largest absolute Gasteiger partial charge is 0.321 e. The van der Waals surface area contributed by atoms with Crippen LogP contribution in [-0.2, 0) is 10.0 Å². The highest BCUT2D eigenvalue weighted by Gasteiger charge is 2.19. The summed E-state index contributed by atoms with van der Waals surface area (Å²) in [5.41, 5.74) is 0.312. The fourth-order valence-corrected chi connectivity index (χ4v) is 4.38. The lowest BCUT2D eigenvalue weighted by Crippen LogP contribution is -2.18. The molecule has 8 nitrogen and oxygen atoms in total. The van der Waals surface area contributed by atoms with Gasteiger partial charge in [0.1, 0.15) is 5.69 Å². The number of rotatable bonds is 7. The number of aromatic nitrogens is 2. The van der Waals surface area contributed by atoms with Crippen molar-refractivity contribution in [2.75, 3.05) is 10.0 Å². The van der Waals surface area contributed by atoms with E-state index >= 15 is 0 Å². The Morgan fingerprint density at radius 3 is 2.35 bits per heavy atom. The third-order valence-electron chi connectivity index (χ3n) is 3.98. The van der Waals surface area contributed by atoms with Gasteiger partial charge in [-0.25, -0.2) is 13.5 Å². The second-order valence-corrected chi connectivity index (χ2v) is 8.96. The van der Waals surface area contributed by atoms with Crippen molar-refractivity contribution >= 4 is 39.1 Å². The van der Waals surface area contributed by atoms with Gasteiger partial charge in [-0.3, -0.25) is 14.3 Å². The molecule has 0 spiro atoms. The summed E-state index contributed by atoms with van der Waals surface area (Å²) < 4.78 is 52.9. The fraction of sp³-hybridized carbons (Fsp3) is 0.105. The van der Waals surface area contributed by atoms with Crippen LogP contribution < -0.4 is 15.6 Å². The van der Waals surface area contributed by atoms with E-state index in [1.54, 1.807) is 6.92 Å². The first-order valence-corrected chi connectivity index (χ1v) is 11.1. The lowest BCUT2D eigenvalue weighted by molar-refractivity contribution is 0.102. The summed E-state index contributed by atoms with van der Waals surface area (Å²) in [7, 11) is -4.03. The van der Waals surface area contributed by atoms with Gasteiger partial charge in [0, 0.05) is 22.3 Å². The van der Waals surface area contributed by atoms with Crippen molar-refractivity contribution in [3.05, 3.63) is 76.2 Å². The second-order valence-electron chi connectivity index (χ2n) is 6.25. The quantitative estimate of drug-likeness (QED) is 0.459. The van der Waals surface area contributed by atoms with E-state index < -0.39 is 27.2 Å². The Bertz CT molecular complexity index is 1240. The first-order chi connectivity index (χ1) is 14.6. The van der Waals surface area contributed by atoms with Crippen molar-refractivity contribution in [1.82, 2.24) is 10.2 Å². The predicted octanol–water partition coefficient (Wildman–Crippen LogP) is 3.45. The number of halogens is 2. The van der Waals surface area contributed by atoms with Crippen molar-refractivity contribution < 1.29 is 22.0 Å². The minimum absolute atomic E-state index is 0.0514. The van der Waals surface area contributed by atoms with Crippen LogP contribution in [0.4, 0.5) is 20.2 Å². The minimum Gasteiger partial charge on any atom is -0.321 e. The molecular formula is C19H16F2N4O4S2. The number of aromatic amines is 1. The number of hydrogen-bond donors (Lipinski definition) is 3. The SMILES string of the molecule is Cc1ccc(NC(=O)c2ccc(=O)[nH]n2)cc1S(=O)(=O)Nc1ccc(SC(F)F)cc1. The van der Waals surface area contributed by atoms with Gasteiger partial charge in [-0.1, -0.05) is 17.8 Å². The van der Waals surface area contributed by atoms with Gasteiger partial charge in [0.25, 0.3) is 27.2 Å². The van der Waals surface area contributed by atoms with Crippen molar-refractivity contribution in [2.45, 2.75) is 22.5 Å². The zero-order valence-electron chi connectivity index (χ0n) is 15.9. The van der Waals surface area contributed by atoms with Gasteiger partial charge in [0.05, 0.1) is 4.90 Å². The number of nitrogens with zero attached hydrogens (tertiary/aromatic N) is 1. The summed E-state index contributed by atoms with van der Waals surface area (Å²) in [5, 5.41) is 8.27. The van der Waals surface area contributed by atoms with Gasteiger partial charge in [0.2, 0.25) is 0 Å². The minimum atomic E-state index is -4.03. The van der Waals surface area contributed by atoms with Crippen molar-refractivity contribution in [3.63, 3.8) is 0 Å². The molecule has 0 aliphatic rings. The Balaban J connectivity index is 1.80. The maximum atomic E-state index is 12.8. The average Bonchev–Trinajstić information content (AvgIpc) is 2.70. The smallest absolute Gasteiger partial charge is 0.288 e. The van der Waals surface area contributed by atoms with E-state index in [2.05, 4.69) is 20.2 Å². The van der Waals surface area contributed by atoms with Crippen LogP contribution >= 0.6 is 11.8 Å². The molecule has 0 saturated carbocycles. The summed E-state index contributed by atoms with van der Waals surface area (Å²) in [4.78, 5) is 23.5. The number of hydrogen-bond acceptors (Lipinski definition) is 6. The molecule has 0 unspecified atom stereocenters. The highest BCUT2D eigenvalue weighted by Crippen LogP contribution is 2.28. The normalized spacial score (nSPS) is 11.4. The van der Waals surface area contributed by atoms with Crippen LogP contribution in [0, 0.1) is 6.92 Å². The summed E-state index contributed by atoms with van der Waals surface area (Å²) in [6, 6.07) is 12.2. The molecule has 0 atom stereocenters. The van der Waals surface area contributed by atoms with E-state index in [9.17, 15) is 26.8 Å². The molecule has 1 amide bonds. The van der Waals surface area contributed by atoms with Gasteiger partial charge in [0.15, 0.2) is 0 Å². The molecule has 0 radical (unpaired) electrons. The molecule has 3 rings (SSSR count). The number of aryl methyl sites for hydroxylation is 1. The molecule has 1 heterocycles. The molecular weight excluding hydrogens is 450 g/mol. The molecule has 0 fully saturated rings. The number of sulfonamides is 1. The van der Waals surface area contributed by atoms with Gasteiger partial charge >= 0.3 is 0 Å². The highest BCUT2D eigenvalue weighted by molar-refractivity contribution is 7.99. The average molecular weight is 466 g/mol. The van der Waals surface area contributed by atoms with E-state index in [1.807, 2.05) is 0 Å². The van der Waals surface area contributed by atoms with Crippen molar-refractivity contribution in [1.29, 1.82) is 0 Å². The number of anilines is 2. The van der Waals surface area contributed by atoms with Crippen LogP contribution in [0.2, 0.25) is 0 Å². The molecule has 0 aliphatic carbocycles. The van der Waals surface area contributed by atoms with Gasteiger partial charge in [-0.2, -0.15) is 13.9 Å². The van der Waals surface area contributed by atoms with Crippen molar-refractivity contribution in [3.8, 4) is 0 Å². The van der Waals surface area contributed by atoms with Crippen molar-refractivity contribution in [2.24, 2.45) is 0 Å². The Hall–Kier alpha value is -3.25. The summed E-state index contributed by atoms with van der Waals surface area (Å²) in [6.07, 6.45) is 0. The second kappa shape index (κ2) is 9.27. The summed E-state index contributed by atoms with van der Waals surface area (Å²) in [6.45, 7) is 1.59. The summed E-state index contributed by atoms with van der Waals surface area (Å²) >= 11 is 0.355. The zero-order valence-corrected chi connectivity index (χ0v) is 17.6. The third kappa shape index (κ3) is 5.89. The molecule has 0 saturated heterocycles. The molecule has 12 heteroatoms. The highest BCUT2D eigenvalue weighted by atomic mass is 32.2. The molecule has 31 heavy (non-hydrogen) atoms. The fourth-order valence-electron chi connectivity index (χ4n) is 2.55. The number of nitrogens with one attached hydrogen (secondary N) is 3. The number of thioether (sulfide) groups is 1. The van der Waals surface area contributed by atoms with E-state index in [-0.39, 0.29) is 22.0 Å². The Kier molecular flexibility index (Phi) is 6.71. The number of H-pyrrole nitrogens is 1. The first kappa shape index (κ1) is 22.4. The molecule has 0 bridgehead atoms. The lowest BCUT2D eigenvalue weighted by Gasteiger charge is -2.13. The Labute approximate surface area is 180 Å². The molecule has 3 aromatic rings. The first-order valence-electron chi connectivity index (χ1n) is 8.69. The predicted molar refractivity (Wildman–Crippen MR) is 113 cm³/mol. The number of benzene rings is 2. The van der Waals surface area contributed by atoms with E-state index in [4.69, 9.17) is 0 Å². The molecule has 3 N–H and O–H groups in total. The van der Waals surface area contributed by atoms with Crippen LogP contribution in [0.25, 0.3) is 0 Å². The number of carbonyl (C=O) groups excluding carboxylic acids is 1. The monoisotopic (exact) mass is 466 g/mol.